The number of carbonyl (C=O) groups excluding carboxylic acids is 3. The third-order valence-electron chi connectivity index (χ3n) is 10.1. The number of hydrogen-bond donors (Lipinski definition) is 4. The molecular weight excluding hydrogens is 692 g/mol. The van der Waals surface area contributed by atoms with Crippen LogP contribution in [0.2, 0.25) is 0 Å². The summed E-state index contributed by atoms with van der Waals surface area (Å²) in [6, 6.07) is -0.221. The molecule has 3 rings (SSSR count). The highest BCUT2D eigenvalue weighted by atomic mass is 16.7. The fourth-order valence-electron chi connectivity index (χ4n) is 6.83. The van der Waals surface area contributed by atoms with E-state index >= 15 is 0 Å². The third-order valence-corrected chi connectivity index (χ3v) is 10.1. The van der Waals surface area contributed by atoms with Crippen molar-refractivity contribution in [2.24, 2.45) is 11.8 Å². The molecule has 16 heteroatoms. The van der Waals surface area contributed by atoms with E-state index in [0.29, 0.717) is 57.8 Å². The summed E-state index contributed by atoms with van der Waals surface area (Å²) in [5, 5.41) is 14.9. The maximum Gasteiger partial charge on any atom is 0.330 e. The average molecular weight is 753 g/mol. The zero-order valence-electron chi connectivity index (χ0n) is 32.1. The normalized spacial score (nSPS) is 26.9. The van der Waals surface area contributed by atoms with Crippen molar-refractivity contribution < 1.29 is 48.0 Å². The van der Waals surface area contributed by atoms with Gasteiger partial charge in [-0.25, -0.2) is 4.79 Å². The Bertz CT molecular complexity index is 1460. The Morgan fingerprint density at radius 2 is 1.55 bits per heavy atom. The number of H-pyrrole nitrogens is 1. The van der Waals surface area contributed by atoms with Gasteiger partial charge in [-0.1, -0.05) is 40.5 Å². The van der Waals surface area contributed by atoms with Crippen molar-refractivity contribution in [1.29, 1.82) is 0 Å². The lowest BCUT2D eigenvalue weighted by molar-refractivity contribution is -0.236. The van der Waals surface area contributed by atoms with Crippen LogP contribution < -0.4 is 21.9 Å². The molecule has 3 heterocycles. The van der Waals surface area contributed by atoms with Gasteiger partial charge in [-0.2, -0.15) is 0 Å². The smallest absolute Gasteiger partial charge is 0.330 e. The maximum atomic E-state index is 12.7. The van der Waals surface area contributed by atoms with Gasteiger partial charge in [0.25, 0.3) is 5.56 Å². The lowest BCUT2D eigenvalue weighted by atomic mass is 9.81. The van der Waals surface area contributed by atoms with E-state index in [-0.39, 0.29) is 41.9 Å². The van der Waals surface area contributed by atoms with E-state index in [1.165, 1.54) is 24.6 Å². The summed E-state index contributed by atoms with van der Waals surface area (Å²) >= 11 is 0. The Morgan fingerprint density at radius 1 is 0.868 bits per heavy atom. The Hall–Kier alpha value is -3.60. The molecule has 2 amide bonds. The molecule has 16 nitrogen and oxygen atoms in total. The van der Waals surface area contributed by atoms with Gasteiger partial charge >= 0.3 is 17.6 Å². The number of rotatable bonds is 22. The second kappa shape index (κ2) is 21.9. The summed E-state index contributed by atoms with van der Waals surface area (Å²) in [6.07, 6.45) is 2.99. The van der Waals surface area contributed by atoms with E-state index in [4.69, 9.17) is 28.8 Å². The summed E-state index contributed by atoms with van der Waals surface area (Å²) in [6.45, 7) is 12.5. The summed E-state index contributed by atoms with van der Waals surface area (Å²) in [4.78, 5) is 74.6. The summed E-state index contributed by atoms with van der Waals surface area (Å²) < 4.78 is 31.3. The highest BCUT2D eigenvalue weighted by molar-refractivity contribution is 5.77. The molecule has 0 aromatic carbocycles. The van der Waals surface area contributed by atoms with E-state index in [1.54, 1.807) is 0 Å². The van der Waals surface area contributed by atoms with Crippen molar-refractivity contribution in [3.8, 4) is 0 Å². The molecule has 0 aliphatic carbocycles. The van der Waals surface area contributed by atoms with Gasteiger partial charge in [-0.15, -0.1) is 0 Å². The predicted molar refractivity (Wildman–Crippen MR) is 193 cm³/mol. The number of aliphatic carboxylic acids is 1. The van der Waals surface area contributed by atoms with E-state index in [2.05, 4.69) is 36.4 Å². The molecule has 53 heavy (non-hydrogen) atoms. The average Bonchev–Trinajstić information content (AvgIpc) is 3.45. The van der Waals surface area contributed by atoms with Gasteiger partial charge in [0.1, 0.15) is 6.10 Å². The van der Waals surface area contributed by atoms with Crippen LogP contribution in [0, 0.1) is 18.8 Å². The number of carbonyl (C=O) groups is 4. The van der Waals surface area contributed by atoms with Gasteiger partial charge in [-0.3, -0.25) is 33.5 Å². The van der Waals surface area contributed by atoms with E-state index < -0.39 is 60.4 Å². The van der Waals surface area contributed by atoms with Crippen LogP contribution in [0.15, 0.2) is 15.8 Å². The lowest BCUT2D eigenvalue weighted by Crippen LogP contribution is -2.57. The molecule has 2 fully saturated rings. The van der Waals surface area contributed by atoms with E-state index in [1.807, 2.05) is 6.92 Å². The highest BCUT2D eigenvalue weighted by Crippen LogP contribution is 2.35. The number of hydrogen-bond acceptors (Lipinski definition) is 11. The number of nitrogens with one attached hydrogen (secondary N) is 3. The van der Waals surface area contributed by atoms with Crippen LogP contribution in [0.4, 0.5) is 0 Å². The lowest BCUT2D eigenvalue weighted by Gasteiger charge is -2.44. The molecule has 1 unspecified atom stereocenters. The standard InChI is InChI=1S/C37H60N4O12/c1-7-26-23(4)24(5)31(39-25(6)42)36(52-26)50-20-14-11-15-28(43)38-18-12-9-10-13-19-49-32-27(8-2)51-35(33(32)53-30(46)17-16-29(44)45)41-21-22(3)34(47)40-37(41)48/h21,23-24,26-27,31-33,35-36H,7-20H2,1-6H3,(H,38,43)(H,39,42)(H,44,45)(H,40,47,48)/t23-,24+,26-,27-,31-,32+,33?,35-,36-/m1/s1. The first-order valence-electron chi connectivity index (χ1n) is 19.1. The van der Waals surface area contributed by atoms with Crippen LogP contribution in [0.5, 0.6) is 0 Å². The predicted octanol–water partition coefficient (Wildman–Crippen LogP) is 3.09. The summed E-state index contributed by atoms with van der Waals surface area (Å²) in [5.74, 6) is -1.54. The van der Waals surface area contributed by atoms with Crippen molar-refractivity contribution in [3.05, 3.63) is 32.6 Å². The molecule has 300 valence electrons. The van der Waals surface area contributed by atoms with Crippen molar-refractivity contribution in [1.82, 2.24) is 20.2 Å². The fourth-order valence-corrected chi connectivity index (χ4v) is 6.83. The molecule has 2 aliphatic heterocycles. The first kappa shape index (κ1) is 43.8. The topological polar surface area (TPSA) is 214 Å². The molecular formula is C37H60N4O12. The van der Waals surface area contributed by atoms with Crippen LogP contribution in [0.1, 0.15) is 117 Å². The van der Waals surface area contributed by atoms with Gasteiger partial charge in [0.2, 0.25) is 11.8 Å². The fraction of sp³-hybridized carbons (Fsp3) is 0.784. The molecule has 2 aliphatic rings. The minimum absolute atomic E-state index is 0.0194. The zero-order valence-corrected chi connectivity index (χ0v) is 32.1. The Balaban J connectivity index is 1.37. The van der Waals surface area contributed by atoms with Crippen LogP contribution in [-0.4, -0.2) is 94.9 Å². The minimum Gasteiger partial charge on any atom is -0.481 e. The first-order valence-corrected chi connectivity index (χ1v) is 19.1. The van der Waals surface area contributed by atoms with Crippen molar-refractivity contribution in [3.63, 3.8) is 0 Å². The number of aryl methyl sites for hydroxylation is 1. The zero-order chi connectivity index (χ0) is 39.1. The van der Waals surface area contributed by atoms with Crippen LogP contribution in [0.3, 0.4) is 0 Å². The van der Waals surface area contributed by atoms with Crippen LogP contribution in [-0.2, 0) is 42.9 Å². The molecule has 0 saturated carbocycles. The minimum atomic E-state index is -1.15. The molecule has 0 spiro atoms. The summed E-state index contributed by atoms with van der Waals surface area (Å²) in [7, 11) is 0. The molecule has 0 radical (unpaired) electrons. The number of carboxylic acid groups (broad SMARTS) is 1. The first-order chi connectivity index (χ1) is 25.3. The van der Waals surface area contributed by atoms with Crippen LogP contribution in [0.25, 0.3) is 0 Å². The summed E-state index contributed by atoms with van der Waals surface area (Å²) in [5.41, 5.74) is -1.01. The second-order valence-electron chi connectivity index (χ2n) is 14.1. The number of nitrogens with zero attached hydrogens (tertiary/aromatic N) is 1. The number of aromatic nitrogens is 2. The van der Waals surface area contributed by atoms with Crippen LogP contribution >= 0.6 is 0 Å². The van der Waals surface area contributed by atoms with Gasteiger partial charge in [0.05, 0.1) is 31.1 Å². The third kappa shape index (κ3) is 13.3. The highest BCUT2D eigenvalue weighted by Gasteiger charge is 2.48. The van der Waals surface area contributed by atoms with E-state index in [0.717, 1.165) is 25.7 Å². The number of aromatic amines is 1. The van der Waals surface area contributed by atoms with Gasteiger partial charge in [0, 0.05) is 44.9 Å². The van der Waals surface area contributed by atoms with Gasteiger partial charge in [-0.05, 0) is 57.3 Å². The Morgan fingerprint density at radius 3 is 2.23 bits per heavy atom. The Labute approximate surface area is 311 Å². The molecule has 1 aromatic heterocycles. The quantitative estimate of drug-likeness (QED) is 0.0994. The number of amides is 2. The van der Waals surface area contributed by atoms with Gasteiger partial charge < -0.3 is 39.4 Å². The molecule has 2 saturated heterocycles. The number of ether oxygens (including phenoxy) is 5. The maximum absolute atomic E-state index is 12.7. The number of esters is 1. The molecule has 1 aromatic rings. The Kier molecular flexibility index (Phi) is 18.1. The number of carboxylic acids is 1. The SMILES string of the molecule is CC[C@H]1O[C@@H](OCCCCC(=O)NCCCCCCO[C@@H]2C(OC(=O)CCC(=O)O)[C@H](n3cc(C)c(=O)[nH]c3=O)O[C@@H]2CC)[C@H](NC(C)=O)[C@@H](C)[C@H]1C. The second-order valence-corrected chi connectivity index (χ2v) is 14.1. The van der Waals surface area contributed by atoms with Crippen molar-refractivity contribution in [2.45, 2.75) is 155 Å². The van der Waals surface area contributed by atoms with E-state index in [9.17, 15) is 28.8 Å². The molecule has 0 bridgehead atoms. The van der Waals surface area contributed by atoms with Gasteiger partial charge in [0.15, 0.2) is 18.6 Å². The van der Waals surface area contributed by atoms with Crippen molar-refractivity contribution >= 4 is 23.8 Å². The molecule has 4 N–H and O–H groups in total. The largest absolute Gasteiger partial charge is 0.481 e. The molecule has 9 atom stereocenters. The van der Waals surface area contributed by atoms with Crippen molar-refractivity contribution in [2.75, 3.05) is 19.8 Å². The monoisotopic (exact) mass is 752 g/mol. The number of unbranched alkanes of at least 4 members (excludes halogenated alkanes) is 4.